The number of benzene rings is 2. The first-order valence-electron chi connectivity index (χ1n) is 11.1. The number of amides is 3. The molecule has 3 N–H and O–H groups in total. The van der Waals surface area contributed by atoms with Crippen molar-refractivity contribution >= 4 is 40.8 Å². The number of carbonyl (C=O) groups is 2. The maximum absolute atomic E-state index is 14.7. The summed E-state index contributed by atoms with van der Waals surface area (Å²) in [5.41, 5.74) is 0.897. The summed E-state index contributed by atoms with van der Waals surface area (Å²) in [6.07, 6.45) is 1.20. The fraction of sp³-hybridized carbons (Fsp3) is 0.208. The Morgan fingerprint density at radius 3 is 2.54 bits per heavy atom. The number of hydrogen-bond acceptors (Lipinski definition) is 7. The van der Waals surface area contributed by atoms with Crippen LogP contribution in [0.4, 0.5) is 25.1 Å². The van der Waals surface area contributed by atoms with Crippen LogP contribution in [0.3, 0.4) is 0 Å². The quantitative estimate of drug-likeness (QED) is 0.419. The highest BCUT2D eigenvalue weighted by Crippen LogP contribution is 2.26. The number of rotatable bonds is 6. The Labute approximate surface area is 216 Å². The fourth-order valence-electron chi connectivity index (χ4n) is 3.44. The van der Waals surface area contributed by atoms with Crippen LogP contribution in [-0.2, 0) is 11.2 Å². The summed E-state index contributed by atoms with van der Waals surface area (Å²) in [6.45, 7) is 1.89. The summed E-state index contributed by atoms with van der Waals surface area (Å²) in [7, 11) is 1.92. The number of nitrogens with zero attached hydrogens (tertiary/aromatic N) is 4. The van der Waals surface area contributed by atoms with Crippen molar-refractivity contribution in [1.29, 1.82) is 0 Å². The van der Waals surface area contributed by atoms with Gasteiger partial charge in [0.15, 0.2) is 16.7 Å². The average molecular weight is 528 g/mol. The molecule has 0 atom stereocenters. The van der Waals surface area contributed by atoms with E-state index in [0.717, 1.165) is 12.6 Å². The Balaban J connectivity index is 1.31. The zero-order valence-electron chi connectivity index (χ0n) is 19.7. The van der Waals surface area contributed by atoms with Gasteiger partial charge >= 0.3 is 6.03 Å². The summed E-state index contributed by atoms with van der Waals surface area (Å²) in [5.74, 6) is -1.39. The van der Waals surface area contributed by atoms with Gasteiger partial charge in [-0.05, 0) is 49.1 Å². The topological polar surface area (TPSA) is 112 Å². The van der Waals surface area contributed by atoms with E-state index in [1.165, 1.54) is 48.8 Å². The van der Waals surface area contributed by atoms with Gasteiger partial charge in [0, 0.05) is 30.9 Å². The number of urea groups is 1. The molecular formula is C24H23F2N7O3S. The molecule has 0 aliphatic carbocycles. The highest BCUT2D eigenvalue weighted by molar-refractivity contribution is 7.80. The first-order valence-corrected chi connectivity index (χ1v) is 11.6. The Hall–Kier alpha value is -4.23. The van der Waals surface area contributed by atoms with Crippen molar-refractivity contribution in [3.63, 3.8) is 0 Å². The monoisotopic (exact) mass is 527 g/mol. The predicted molar refractivity (Wildman–Crippen MR) is 136 cm³/mol. The van der Waals surface area contributed by atoms with E-state index in [1.807, 2.05) is 11.9 Å². The van der Waals surface area contributed by atoms with Crippen molar-refractivity contribution < 1.29 is 23.1 Å². The van der Waals surface area contributed by atoms with E-state index in [0.29, 0.717) is 18.8 Å². The van der Waals surface area contributed by atoms with Gasteiger partial charge in [-0.3, -0.25) is 15.0 Å². The minimum absolute atomic E-state index is 0.000304. The zero-order chi connectivity index (χ0) is 26.4. The van der Waals surface area contributed by atoms with Crippen LogP contribution in [0.25, 0.3) is 0 Å². The SMILES string of the molecule is CN1CCN(C(=O)Nc2cc(Oc3ccc(NC(=S)NC(=O)Cc4ccc(F)cc4)cc3F)ncn2)C1. The van der Waals surface area contributed by atoms with Gasteiger partial charge in [-0.15, -0.1) is 0 Å². The lowest BCUT2D eigenvalue weighted by atomic mass is 10.1. The number of likely N-dealkylation sites (N-methyl/N-ethyl adjacent to an activating group) is 1. The van der Waals surface area contributed by atoms with Gasteiger partial charge in [0.2, 0.25) is 11.8 Å². The van der Waals surface area contributed by atoms with Gasteiger partial charge < -0.3 is 20.3 Å². The van der Waals surface area contributed by atoms with E-state index in [-0.39, 0.29) is 40.7 Å². The average Bonchev–Trinajstić information content (AvgIpc) is 3.29. The van der Waals surface area contributed by atoms with E-state index in [2.05, 4.69) is 25.9 Å². The van der Waals surface area contributed by atoms with E-state index in [1.54, 1.807) is 4.90 Å². The molecule has 2 heterocycles. The molecule has 3 amide bonds. The van der Waals surface area contributed by atoms with E-state index >= 15 is 0 Å². The molecule has 1 saturated heterocycles. The number of hydrogen-bond donors (Lipinski definition) is 3. The number of thiocarbonyl (C=S) groups is 1. The zero-order valence-corrected chi connectivity index (χ0v) is 20.5. The maximum Gasteiger partial charge on any atom is 0.324 e. The van der Waals surface area contributed by atoms with Crippen molar-refractivity contribution in [2.24, 2.45) is 0 Å². The molecule has 3 aromatic rings. The first kappa shape index (κ1) is 25.9. The Morgan fingerprint density at radius 1 is 1.05 bits per heavy atom. The van der Waals surface area contributed by atoms with Gasteiger partial charge in [-0.1, -0.05) is 12.1 Å². The number of anilines is 2. The molecule has 0 radical (unpaired) electrons. The van der Waals surface area contributed by atoms with Gasteiger partial charge in [0.1, 0.15) is 18.0 Å². The molecule has 1 aliphatic heterocycles. The number of halogens is 2. The molecule has 2 aromatic carbocycles. The van der Waals surface area contributed by atoms with Gasteiger partial charge in [-0.2, -0.15) is 0 Å². The van der Waals surface area contributed by atoms with E-state index in [9.17, 15) is 18.4 Å². The number of carbonyl (C=O) groups excluding carboxylic acids is 2. The van der Waals surface area contributed by atoms with E-state index in [4.69, 9.17) is 17.0 Å². The third-order valence-corrected chi connectivity index (χ3v) is 5.47. The minimum atomic E-state index is -0.713. The maximum atomic E-state index is 14.7. The summed E-state index contributed by atoms with van der Waals surface area (Å²) in [6, 6.07) is 10.6. The van der Waals surface area contributed by atoms with Crippen molar-refractivity contribution in [2.45, 2.75) is 6.42 Å². The molecular weight excluding hydrogens is 504 g/mol. The van der Waals surface area contributed by atoms with Gasteiger partial charge in [-0.25, -0.2) is 23.5 Å². The van der Waals surface area contributed by atoms with Crippen LogP contribution in [-0.4, -0.2) is 63.6 Å². The molecule has 1 fully saturated rings. The second-order valence-corrected chi connectivity index (χ2v) is 8.62. The van der Waals surface area contributed by atoms with E-state index < -0.39 is 17.5 Å². The van der Waals surface area contributed by atoms with Crippen LogP contribution < -0.4 is 20.7 Å². The van der Waals surface area contributed by atoms with Crippen molar-refractivity contribution in [1.82, 2.24) is 25.1 Å². The Kier molecular flexibility index (Phi) is 8.15. The molecule has 10 nitrogen and oxygen atoms in total. The fourth-order valence-corrected chi connectivity index (χ4v) is 3.67. The highest BCUT2D eigenvalue weighted by atomic mass is 32.1. The molecule has 0 unspecified atom stereocenters. The van der Waals surface area contributed by atoms with Crippen LogP contribution in [0.15, 0.2) is 54.9 Å². The second-order valence-electron chi connectivity index (χ2n) is 8.21. The standard InChI is InChI=1S/C24H23F2N7O3S/c1-32-8-9-33(14-32)24(35)30-20-12-22(28-13-27-20)36-19-7-6-17(11-18(19)26)29-23(37)31-21(34)10-15-2-4-16(25)5-3-15/h2-7,11-13H,8-10,14H2,1H3,(H,27,28,30,35)(H2,29,31,34,37). The normalized spacial score (nSPS) is 13.2. The van der Waals surface area contributed by atoms with Crippen LogP contribution in [0.2, 0.25) is 0 Å². The third kappa shape index (κ3) is 7.38. The molecule has 0 bridgehead atoms. The molecule has 0 spiro atoms. The Bertz CT molecular complexity index is 1310. The minimum Gasteiger partial charge on any atom is -0.436 e. The number of aromatic nitrogens is 2. The van der Waals surface area contributed by atoms with Crippen LogP contribution in [0.1, 0.15) is 5.56 Å². The summed E-state index contributed by atoms with van der Waals surface area (Å²) >= 11 is 5.11. The summed E-state index contributed by atoms with van der Waals surface area (Å²) in [5, 5.41) is 7.85. The lowest BCUT2D eigenvalue weighted by Gasteiger charge is -2.16. The van der Waals surface area contributed by atoms with Crippen LogP contribution in [0, 0.1) is 11.6 Å². The third-order valence-electron chi connectivity index (χ3n) is 5.26. The molecule has 1 aliphatic rings. The molecule has 0 saturated carbocycles. The predicted octanol–water partition coefficient (Wildman–Crippen LogP) is 3.34. The number of nitrogens with one attached hydrogen (secondary N) is 3. The molecule has 4 rings (SSSR count). The molecule has 1 aromatic heterocycles. The van der Waals surface area contributed by atoms with Crippen LogP contribution in [0.5, 0.6) is 11.6 Å². The summed E-state index contributed by atoms with van der Waals surface area (Å²) in [4.78, 5) is 36.1. The largest absolute Gasteiger partial charge is 0.436 e. The van der Waals surface area contributed by atoms with Gasteiger partial charge in [0.05, 0.1) is 13.1 Å². The highest BCUT2D eigenvalue weighted by Gasteiger charge is 2.22. The summed E-state index contributed by atoms with van der Waals surface area (Å²) < 4.78 is 33.2. The van der Waals surface area contributed by atoms with Gasteiger partial charge in [0.25, 0.3) is 0 Å². The lowest BCUT2D eigenvalue weighted by molar-refractivity contribution is -0.119. The van der Waals surface area contributed by atoms with Crippen molar-refractivity contribution in [3.05, 3.63) is 72.1 Å². The number of ether oxygens (including phenoxy) is 1. The second kappa shape index (κ2) is 11.7. The lowest BCUT2D eigenvalue weighted by Crippen LogP contribution is -2.35. The van der Waals surface area contributed by atoms with Crippen molar-refractivity contribution in [3.8, 4) is 11.6 Å². The molecule has 37 heavy (non-hydrogen) atoms. The smallest absolute Gasteiger partial charge is 0.324 e. The molecule has 13 heteroatoms. The van der Waals surface area contributed by atoms with Crippen LogP contribution >= 0.6 is 12.2 Å². The first-order chi connectivity index (χ1) is 17.7. The Morgan fingerprint density at radius 2 is 1.84 bits per heavy atom. The molecule has 192 valence electrons. The van der Waals surface area contributed by atoms with Crippen molar-refractivity contribution in [2.75, 3.05) is 37.4 Å².